The fourth-order valence-corrected chi connectivity index (χ4v) is 37.0. The fourth-order valence-electron chi connectivity index (χ4n) is 37.0. The maximum atomic E-state index is 18.4. The predicted molar refractivity (Wildman–Crippen MR) is 656 cm³/mol. The van der Waals surface area contributed by atoms with Crippen LogP contribution in [0.25, 0.3) is 0 Å². The van der Waals surface area contributed by atoms with Crippen LogP contribution < -0.4 is 4.74 Å². The quantitative estimate of drug-likeness (QED) is 0.0482. The Bertz CT molecular complexity index is 2960. The summed E-state index contributed by atoms with van der Waals surface area (Å²) in [6.07, 6.45) is 80.5. The molecule has 862 valence electrons. The van der Waals surface area contributed by atoms with Gasteiger partial charge < -0.3 is 9.47 Å². The molecule has 0 spiro atoms. The second kappa shape index (κ2) is 63.8. The molecule has 0 amide bonds. The molecular formula is C142H276O3. The van der Waals surface area contributed by atoms with Gasteiger partial charge in [0.25, 0.3) is 0 Å². The van der Waals surface area contributed by atoms with Crippen LogP contribution in [0.4, 0.5) is 0 Å². The molecular weight excluding hydrogens is 1750 g/mol. The van der Waals surface area contributed by atoms with E-state index >= 15 is 4.79 Å². The number of esters is 1. The minimum absolute atomic E-state index is 0.0543. The van der Waals surface area contributed by atoms with Crippen LogP contribution in [0.1, 0.15) is 735 Å². The van der Waals surface area contributed by atoms with Crippen LogP contribution in [0.15, 0.2) is 30.3 Å². The Hall–Kier alpha value is -1.51. The molecule has 3 nitrogen and oxygen atoms in total. The van der Waals surface area contributed by atoms with E-state index < -0.39 is 10.8 Å². The molecule has 0 N–H and O–H groups in total. The van der Waals surface area contributed by atoms with E-state index in [9.17, 15) is 0 Å². The number of hydrogen-bond donors (Lipinski definition) is 0. The molecule has 0 aliphatic heterocycles. The molecule has 0 bridgehead atoms. The van der Waals surface area contributed by atoms with Crippen molar-refractivity contribution in [3.8, 4) is 5.75 Å². The first kappa shape index (κ1) is 141. The smallest absolute Gasteiger partial charge is 0.311 e. The van der Waals surface area contributed by atoms with Crippen LogP contribution in [-0.4, -0.2) is 19.2 Å². The number of para-hydroxylation sites is 1. The summed E-state index contributed by atoms with van der Waals surface area (Å²) in [5.74, 6) is 0.910. The van der Waals surface area contributed by atoms with Gasteiger partial charge in [-0.05, 0) is 280 Å². The molecule has 1 rings (SSSR count). The summed E-state index contributed by atoms with van der Waals surface area (Å²) in [6, 6.07) is 10.5. The lowest BCUT2D eigenvalue weighted by Crippen LogP contribution is -2.54. The Morgan fingerprint density at radius 1 is 0.166 bits per heavy atom. The second-order valence-electron chi connectivity index (χ2n) is 55.0. The predicted octanol–water partition coefficient (Wildman–Crippen LogP) is 50.0. The van der Waals surface area contributed by atoms with Crippen molar-refractivity contribution in [1.82, 2.24) is 0 Å². The zero-order valence-electron chi connectivity index (χ0n) is 109. The molecule has 0 radical (unpaired) electrons. The van der Waals surface area contributed by atoms with Gasteiger partial charge in [0.1, 0.15) is 19.0 Å². The molecule has 1 aromatic rings. The number of carbonyl (C=O) groups excluding carboxylic acids is 1. The standard InChI is InChI=1S/C142H276O3/c1-46-95-135(87-42,88-43)112-136(89-44,99-122(48-3,49-4)50-5)113-142(117-140(106-129(69-24,70-25)71-26,107-130(72-27,73-28)74-29)108-131(75-30,76-31)77-32,118-141(109-132(78-33,79-34)80-35,110-133(81-36,82-37)83-38)111-134(84-39,85-40)86-41)116-137(98-121(45,47-2)120(143)145-97-96-144-119-93-91-90-92-94-119,114-138(100-123(51-6,52-7)53-8,101-124(54-9,55-10)56-11)102-125(57-12,58-13)59-14)115-139(103-126(60-15,61-16)62-17,104-127(63-18,64-19)65-20)105-128(66-21,67-22)68-23/h90-94H,46-89,95-118H2,1-45H3. The molecule has 2 unspecified atom stereocenters. The largest absolute Gasteiger partial charge is 0.490 e. The van der Waals surface area contributed by atoms with E-state index in [2.05, 4.69) is 342 Å². The average molecular weight is 2030 g/mol. The van der Waals surface area contributed by atoms with Crippen molar-refractivity contribution in [3.63, 3.8) is 0 Å². The molecule has 1 aromatic carbocycles. The third-order valence-electron chi connectivity index (χ3n) is 50.6. The van der Waals surface area contributed by atoms with E-state index in [4.69, 9.17) is 9.47 Å². The van der Waals surface area contributed by atoms with Gasteiger partial charge >= 0.3 is 5.97 Å². The van der Waals surface area contributed by atoms with E-state index in [1.807, 2.05) is 0 Å². The van der Waals surface area contributed by atoms with Gasteiger partial charge in [-0.2, -0.15) is 0 Å². The molecule has 145 heavy (non-hydrogen) atoms. The van der Waals surface area contributed by atoms with Gasteiger partial charge in [0.15, 0.2) is 0 Å². The second-order valence-corrected chi connectivity index (χ2v) is 55.0. The van der Waals surface area contributed by atoms with Crippen molar-refractivity contribution in [2.45, 2.75) is 735 Å². The summed E-state index contributed by atoms with van der Waals surface area (Å²) in [5, 5.41) is 0. The highest BCUT2D eigenvalue weighted by molar-refractivity contribution is 5.76. The van der Waals surface area contributed by atoms with Gasteiger partial charge in [-0.1, -0.05) is 599 Å². The minimum Gasteiger partial charge on any atom is -0.490 e. The fraction of sp³-hybridized carbons (Fsp3) is 0.951. The van der Waals surface area contributed by atoms with Crippen molar-refractivity contribution in [2.24, 2.45) is 119 Å². The third-order valence-corrected chi connectivity index (χ3v) is 50.6. The molecule has 0 aromatic heterocycles. The number of rotatable bonds is 92. The van der Waals surface area contributed by atoms with Gasteiger partial charge in [0, 0.05) is 0 Å². The van der Waals surface area contributed by atoms with Gasteiger partial charge in [0.2, 0.25) is 0 Å². The Morgan fingerprint density at radius 2 is 0.303 bits per heavy atom. The summed E-state index contributed by atoms with van der Waals surface area (Å²) in [7, 11) is 0. The maximum Gasteiger partial charge on any atom is 0.311 e. The first-order valence-electron chi connectivity index (χ1n) is 66.4. The maximum absolute atomic E-state index is 18.4. The van der Waals surface area contributed by atoms with E-state index in [1.54, 1.807) is 0 Å². The van der Waals surface area contributed by atoms with Crippen LogP contribution in [0.3, 0.4) is 0 Å². The first-order chi connectivity index (χ1) is 68.5. The summed E-state index contributed by atoms with van der Waals surface area (Å²) in [4.78, 5) is 18.4. The molecule has 0 fully saturated rings. The topological polar surface area (TPSA) is 35.5 Å². The van der Waals surface area contributed by atoms with Crippen LogP contribution in [0.5, 0.6) is 5.75 Å². The van der Waals surface area contributed by atoms with Crippen molar-refractivity contribution in [1.29, 1.82) is 0 Å². The summed E-state index contributed by atoms with van der Waals surface area (Å²) >= 11 is 0. The third kappa shape index (κ3) is 36.3. The molecule has 0 saturated heterocycles. The molecule has 0 saturated carbocycles. The van der Waals surface area contributed by atoms with Crippen LogP contribution in [0, 0.1) is 119 Å². The van der Waals surface area contributed by atoms with Crippen LogP contribution in [-0.2, 0) is 9.53 Å². The zero-order valence-corrected chi connectivity index (χ0v) is 109. The first-order valence-corrected chi connectivity index (χ1v) is 66.4. The van der Waals surface area contributed by atoms with Gasteiger partial charge in [-0.3, -0.25) is 4.79 Å². The molecule has 0 heterocycles. The van der Waals surface area contributed by atoms with Crippen LogP contribution in [0.2, 0.25) is 0 Å². The monoisotopic (exact) mass is 2030 g/mol. The summed E-state index contributed by atoms with van der Waals surface area (Å²) in [5.41, 5.74) is -0.478. The van der Waals surface area contributed by atoms with Crippen molar-refractivity contribution in [3.05, 3.63) is 30.3 Å². The van der Waals surface area contributed by atoms with Gasteiger partial charge in [-0.25, -0.2) is 0 Å². The Balaban J connectivity index is 8.14. The molecule has 2 atom stereocenters. The number of hydrogen-bond acceptors (Lipinski definition) is 3. The van der Waals surface area contributed by atoms with Crippen molar-refractivity contribution in [2.75, 3.05) is 13.2 Å². The summed E-state index contributed by atoms with van der Waals surface area (Å²) in [6.45, 7) is 123. The molecule has 0 aliphatic rings. The molecule has 3 heteroatoms. The lowest BCUT2D eigenvalue weighted by atomic mass is 9.40. The zero-order chi connectivity index (χ0) is 111. The lowest BCUT2D eigenvalue weighted by molar-refractivity contribution is -0.166. The highest BCUT2D eigenvalue weighted by atomic mass is 16.6. The highest BCUT2D eigenvalue weighted by Gasteiger charge is 2.65. The number of carbonyl (C=O) groups is 1. The Labute approximate surface area is 917 Å². The van der Waals surface area contributed by atoms with Gasteiger partial charge in [-0.15, -0.1) is 0 Å². The Kier molecular flexibility index (Phi) is 62.2. The van der Waals surface area contributed by atoms with Crippen molar-refractivity contribution < 1.29 is 14.3 Å². The van der Waals surface area contributed by atoms with Gasteiger partial charge in [0.05, 0.1) is 5.41 Å². The van der Waals surface area contributed by atoms with E-state index in [0.717, 1.165) is 18.6 Å². The number of benzene rings is 1. The van der Waals surface area contributed by atoms with Crippen molar-refractivity contribution >= 4 is 5.97 Å². The Morgan fingerprint density at radius 3 is 0.455 bits per heavy atom. The summed E-state index contributed by atoms with van der Waals surface area (Å²) < 4.78 is 14.4. The highest BCUT2D eigenvalue weighted by Crippen LogP contribution is 2.76. The lowest BCUT2D eigenvalue weighted by Gasteiger charge is -2.64. The van der Waals surface area contributed by atoms with E-state index in [-0.39, 0.29) is 121 Å². The van der Waals surface area contributed by atoms with E-state index in [0.29, 0.717) is 6.61 Å². The SMILES string of the molecule is CCCC(CC)(CC)CC(CC)(CC(CC)(CC)CC)CC(CC(CC(CC)(CC)CC)(CC(CC)(CC)CC)CC(CC)(CC)CC)(CC(CC(CC)(CC)CC)(CC(CC)(CC)CC)CC(CC)(CC)CC)CC(CC(CC(CC)(CC)CC)(CC(CC)(CC)CC)CC(CC)(CC)CC)(CC(CC(CC)(CC)CC)(CC(CC)(CC)CC)CC(CC)(CC)CC)CC(C)(CC)C(=O)OCCOc1ccccc1. The normalized spacial score (nSPS) is 15.2. The minimum atomic E-state index is -0.886. The average Bonchev–Trinajstić information content (AvgIpc) is 0.712. The van der Waals surface area contributed by atoms with E-state index in [1.165, 1.54) is 411 Å². The number of ether oxygens (including phenoxy) is 2. The van der Waals surface area contributed by atoms with Crippen LogP contribution >= 0.6 is 0 Å². The molecule has 0 aliphatic carbocycles.